The molecule has 6 nitrogen and oxygen atoms in total. The first kappa shape index (κ1) is 22.1. The molecule has 1 aliphatic heterocycles. The molecule has 33 heavy (non-hydrogen) atoms. The van der Waals surface area contributed by atoms with E-state index in [0.29, 0.717) is 22.6 Å². The minimum absolute atomic E-state index is 0.0482. The monoisotopic (exact) mass is 443 g/mol. The van der Waals surface area contributed by atoms with Gasteiger partial charge in [-0.05, 0) is 30.2 Å². The summed E-state index contributed by atoms with van der Waals surface area (Å²) in [5, 5.41) is 11.2. The highest BCUT2D eigenvalue weighted by atomic mass is 16.5. The molecule has 0 radical (unpaired) electrons. The van der Waals surface area contributed by atoms with E-state index in [1.165, 1.54) is 19.1 Å². The van der Waals surface area contributed by atoms with Crippen molar-refractivity contribution < 1.29 is 24.2 Å². The third-order valence-corrected chi connectivity index (χ3v) is 5.78. The van der Waals surface area contributed by atoms with Crippen molar-refractivity contribution in [3.63, 3.8) is 0 Å². The summed E-state index contributed by atoms with van der Waals surface area (Å²) in [5.41, 5.74) is 3.06. The number of aryl methyl sites for hydroxylation is 1. The van der Waals surface area contributed by atoms with Gasteiger partial charge < -0.3 is 19.5 Å². The van der Waals surface area contributed by atoms with Gasteiger partial charge in [-0.15, -0.1) is 0 Å². The van der Waals surface area contributed by atoms with E-state index in [9.17, 15) is 14.7 Å². The number of ketones is 1. The van der Waals surface area contributed by atoms with Gasteiger partial charge in [-0.3, -0.25) is 9.59 Å². The van der Waals surface area contributed by atoms with E-state index in [-0.39, 0.29) is 17.9 Å². The molecule has 3 aromatic carbocycles. The van der Waals surface area contributed by atoms with E-state index in [4.69, 9.17) is 9.47 Å². The predicted molar refractivity (Wildman–Crippen MR) is 125 cm³/mol. The lowest BCUT2D eigenvalue weighted by Gasteiger charge is -2.26. The summed E-state index contributed by atoms with van der Waals surface area (Å²) in [7, 11) is 3.06. The van der Waals surface area contributed by atoms with E-state index >= 15 is 0 Å². The Balaban J connectivity index is 1.89. The number of likely N-dealkylation sites (tertiary alicyclic amines) is 1. The second kappa shape index (κ2) is 9.20. The molecule has 0 aromatic heterocycles. The first-order valence-electron chi connectivity index (χ1n) is 10.6. The Bertz CT molecular complexity index is 1220. The van der Waals surface area contributed by atoms with E-state index in [0.717, 1.165) is 11.1 Å². The minimum atomic E-state index is -0.786. The summed E-state index contributed by atoms with van der Waals surface area (Å²) in [6.07, 6.45) is 0. The highest BCUT2D eigenvalue weighted by Gasteiger charge is 2.46. The summed E-state index contributed by atoms with van der Waals surface area (Å²) in [6.45, 7) is 2.15. The van der Waals surface area contributed by atoms with Crippen molar-refractivity contribution in [1.29, 1.82) is 0 Å². The number of methoxy groups -OCH3 is 2. The number of carbonyl (C=O) groups excluding carboxylic acids is 2. The maximum Gasteiger partial charge on any atom is 0.295 e. The molecule has 0 bridgehead atoms. The third-order valence-electron chi connectivity index (χ3n) is 5.78. The van der Waals surface area contributed by atoms with Crippen molar-refractivity contribution >= 4 is 17.4 Å². The molecule has 1 aliphatic rings. The normalized spacial score (nSPS) is 17.3. The van der Waals surface area contributed by atoms with Crippen molar-refractivity contribution in [3.8, 4) is 11.5 Å². The van der Waals surface area contributed by atoms with E-state index in [1.54, 1.807) is 30.3 Å². The van der Waals surface area contributed by atoms with Crippen LogP contribution in [0.4, 0.5) is 0 Å². The molecule has 0 saturated carbocycles. The first-order valence-corrected chi connectivity index (χ1v) is 10.6. The Morgan fingerprint density at radius 1 is 0.909 bits per heavy atom. The predicted octanol–water partition coefficient (Wildman–Crippen LogP) is 4.63. The number of amides is 1. The minimum Gasteiger partial charge on any atom is -0.507 e. The smallest absolute Gasteiger partial charge is 0.295 e. The first-order chi connectivity index (χ1) is 15.9. The van der Waals surface area contributed by atoms with Crippen molar-refractivity contribution in [1.82, 2.24) is 4.90 Å². The summed E-state index contributed by atoms with van der Waals surface area (Å²) < 4.78 is 10.8. The fourth-order valence-electron chi connectivity index (χ4n) is 4.06. The molecule has 168 valence electrons. The SMILES string of the molecule is COc1ccc([C@@H]2C(=C(O)c3ccc(C)cc3)C(=O)C(=O)N2Cc2ccccc2)cc1OC. The Hall–Kier alpha value is -4.06. The lowest BCUT2D eigenvalue weighted by Crippen LogP contribution is -2.29. The van der Waals surface area contributed by atoms with E-state index in [1.807, 2.05) is 49.4 Å². The van der Waals surface area contributed by atoms with Gasteiger partial charge in [0.25, 0.3) is 11.7 Å². The van der Waals surface area contributed by atoms with E-state index in [2.05, 4.69) is 0 Å². The molecule has 0 aliphatic carbocycles. The Morgan fingerprint density at radius 3 is 2.21 bits per heavy atom. The topological polar surface area (TPSA) is 76.1 Å². The van der Waals surface area contributed by atoms with Gasteiger partial charge in [0.15, 0.2) is 11.5 Å². The third kappa shape index (κ3) is 4.20. The van der Waals surface area contributed by atoms with Crippen LogP contribution < -0.4 is 9.47 Å². The van der Waals surface area contributed by atoms with Gasteiger partial charge in [-0.2, -0.15) is 0 Å². The number of carbonyl (C=O) groups is 2. The van der Waals surface area contributed by atoms with Crippen LogP contribution in [-0.4, -0.2) is 35.9 Å². The maximum atomic E-state index is 13.2. The van der Waals surface area contributed by atoms with Gasteiger partial charge in [0.05, 0.1) is 25.8 Å². The lowest BCUT2D eigenvalue weighted by molar-refractivity contribution is -0.140. The molecule has 1 fully saturated rings. The van der Waals surface area contributed by atoms with Gasteiger partial charge in [0.1, 0.15) is 5.76 Å². The summed E-state index contributed by atoms with van der Waals surface area (Å²) in [6, 6.07) is 21.1. The summed E-state index contributed by atoms with van der Waals surface area (Å²) >= 11 is 0. The van der Waals surface area contributed by atoms with Crippen molar-refractivity contribution in [2.75, 3.05) is 14.2 Å². The number of ether oxygens (including phenoxy) is 2. The zero-order valence-corrected chi connectivity index (χ0v) is 18.7. The number of aliphatic hydroxyl groups excluding tert-OH is 1. The number of nitrogens with zero attached hydrogens (tertiary/aromatic N) is 1. The van der Waals surface area contributed by atoms with Crippen LogP contribution in [0.2, 0.25) is 0 Å². The Kier molecular flexibility index (Phi) is 6.18. The number of Topliss-reactive ketones (excluding diaryl/α,β-unsaturated/α-hetero) is 1. The molecule has 0 unspecified atom stereocenters. The average Bonchev–Trinajstić information content (AvgIpc) is 3.09. The quantitative estimate of drug-likeness (QED) is 0.341. The average molecular weight is 443 g/mol. The van der Waals surface area contributed by atoms with Crippen LogP contribution in [0.15, 0.2) is 78.4 Å². The molecular weight excluding hydrogens is 418 g/mol. The molecule has 6 heteroatoms. The molecule has 1 saturated heterocycles. The van der Waals surface area contributed by atoms with Crippen LogP contribution in [0.5, 0.6) is 11.5 Å². The van der Waals surface area contributed by atoms with Crippen molar-refractivity contribution in [2.45, 2.75) is 19.5 Å². The fraction of sp³-hybridized carbons (Fsp3) is 0.185. The fourth-order valence-corrected chi connectivity index (χ4v) is 4.06. The lowest BCUT2D eigenvalue weighted by atomic mass is 9.94. The number of hydrogen-bond acceptors (Lipinski definition) is 5. The molecule has 1 amide bonds. The van der Waals surface area contributed by atoms with Crippen LogP contribution in [0.3, 0.4) is 0 Å². The van der Waals surface area contributed by atoms with Crippen LogP contribution in [0, 0.1) is 6.92 Å². The molecule has 3 aromatic rings. The van der Waals surface area contributed by atoms with Gasteiger partial charge in [-0.1, -0.05) is 66.2 Å². The molecule has 0 spiro atoms. The Morgan fingerprint density at radius 2 is 1.58 bits per heavy atom. The van der Waals surface area contributed by atoms with Gasteiger partial charge in [0.2, 0.25) is 0 Å². The molecule has 4 rings (SSSR count). The van der Waals surface area contributed by atoms with Gasteiger partial charge >= 0.3 is 0 Å². The standard InChI is InChI=1S/C27H25NO5/c1-17-9-11-19(12-10-17)25(29)23-24(20-13-14-21(32-2)22(15-20)33-3)28(27(31)26(23)30)16-18-7-5-4-6-8-18/h4-15,24,29H,16H2,1-3H3/t24-/m1/s1. The molecule has 1 atom stereocenters. The zero-order valence-electron chi connectivity index (χ0n) is 18.7. The maximum absolute atomic E-state index is 13.2. The largest absolute Gasteiger partial charge is 0.507 e. The number of hydrogen-bond donors (Lipinski definition) is 1. The second-order valence-electron chi connectivity index (χ2n) is 7.89. The highest BCUT2D eigenvalue weighted by Crippen LogP contribution is 2.42. The second-order valence-corrected chi connectivity index (χ2v) is 7.89. The highest BCUT2D eigenvalue weighted by molar-refractivity contribution is 6.46. The van der Waals surface area contributed by atoms with Crippen LogP contribution in [0.1, 0.15) is 28.3 Å². The van der Waals surface area contributed by atoms with Crippen molar-refractivity contribution in [3.05, 3.63) is 101 Å². The summed E-state index contributed by atoms with van der Waals surface area (Å²) in [4.78, 5) is 27.8. The van der Waals surface area contributed by atoms with Crippen molar-refractivity contribution in [2.24, 2.45) is 0 Å². The van der Waals surface area contributed by atoms with Crippen LogP contribution in [-0.2, 0) is 16.1 Å². The van der Waals surface area contributed by atoms with Crippen LogP contribution in [0.25, 0.3) is 5.76 Å². The molecule has 1 N–H and O–H groups in total. The number of aliphatic hydroxyl groups is 1. The molecular formula is C27H25NO5. The van der Waals surface area contributed by atoms with Crippen LogP contribution >= 0.6 is 0 Å². The van der Waals surface area contributed by atoms with E-state index < -0.39 is 17.7 Å². The zero-order chi connectivity index (χ0) is 23.5. The number of benzene rings is 3. The van der Waals surface area contributed by atoms with Gasteiger partial charge in [-0.25, -0.2) is 0 Å². The number of rotatable bonds is 6. The molecule has 1 heterocycles. The summed E-state index contributed by atoms with van der Waals surface area (Å²) in [5.74, 6) is -0.588. The Labute approximate surface area is 192 Å². The van der Waals surface area contributed by atoms with Gasteiger partial charge in [0, 0.05) is 12.1 Å².